The summed E-state index contributed by atoms with van der Waals surface area (Å²) in [7, 11) is -4.02. The predicted octanol–water partition coefficient (Wildman–Crippen LogP) is 5.18. The summed E-state index contributed by atoms with van der Waals surface area (Å²) in [5.41, 5.74) is 1.39. The van der Waals surface area contributed by atoms with Crippen molar-refractivity contribution in [3.63, 3.8) is 0 Å². The van der Waals surface area contributed by atoms with Crippen LogP contribution in [0.4, 0.5) is 5.69 Å². The second kappa shape index (κ2) is 12.3. The van der Waals surface area contributed by atoms with Crippen LogP contribution < -0.4 is 9.62 Å². The lowest BCUT2D eigenvalue weighted by atomic mass is 9.78. The number of hydrogen-bond donors (Lipinski definition) is 1. The van der Waals surface area contributed by atoms with Gasteiger partial charge in [-0.15, -0.1) is 0 Å². The molecule has 1 amide bonds. The molecule has 0 spiro atoms. The van der Waals surface area contributed by atoms with Crippen LogP contribution in [0.25, 0.3) is 0 Å². The molecule has 0 aromatic heterocycles. The highest BCUT2D eigenvalue weighted by Gasteiger charge is 2.29. The Bertz CT molecular complexity index is 1350. The first-order chi connectivity index (χ1) is 18.3. The molecule has 0 bridgehead atoms. The highest BCUT2D eigenvalue weighted by molar-refractivity contribution is 7.92. The van der Waals surface area contributed by atoms with Crippen molar-refractivity contribution in [2.45, 2.75) is 50.6 Å². The number of sulfonamides is 1. The van der Waals surface area contributed by atoms with Gasteiger partial charge in [-0.25, -0.2) is 13.2 Å². The molecule has 38 heavy (non-hydrogen) atoms. The smallest absolute Gasteiger partial charge is 0.338 e. The van der Waals surface area contributed by atoms with E-state index < -0.39 is 22.6 Å². The second-order valence-electron chi connectivity index (χ2n) is 9.88. The molecular weight excluding hydrogens is 500 g/mol. The molecule has 1 saturated carbocycles. The zero-order chi connectivity index (χ0) is 27.1. The topological polar surface area (TPSA) is 92.8 Å². The molecule has 1 N–H and O–H groups in total. The van der Waals surface area contributed by atoms with Crippen molar-refractivity contribution in [1.82, 2.24) is 5.32 Å². The van der Waals surface area contributed by atoms with E-state index in [0.717, 1.165) is 24.8 Å². The SMILES string of the molecule is C[C@@H]1[C@@H](C)CCC[C@H]1NC(=O)COC(=O)c1cccc(S(=O)(=O)N(Cc2ccccc2)c2ccccc2)c1. The summed E-state index contributed by atoms with van der Waals surface area (Å²) in [5, 5.41) is 2.98. The van der Waals surface area contributed by atoms with E-state index in [2.05, 4.69) is 19.2 Å². The van der Waals surface area contributed by atoms with Gasteiger partial charge in [-0.05, 0) is 54.2 Å². The first kappa shape index (κ1) is 27.4. The first-order valence-corrected chi connectivity index (χ1v) is 14.4. The molecule has 1 fully saturated rings. The van der Waals surface area contributed by atoms with Crippen LogP contribution in [0.5, 0.6) is 0 Å². The Kier molecular flexibility index (Phi) is 8.84. The van der Waals surface area contributed by atoms with Crippen molar-refractivity contribution in [3.8, 4) is 0 Å². The molecule has 7 nitrogen and oxygen atoms in total. The number of carbonyl (C=O) groups is 2. The minimum atomic E-state index is -4.02. The Morgan fingerprint density at radius 2 is 1.61 bits per heavy atom. The molecule has 0 radical (unpaired) electrons. The first-order valence-electron chi connectivity index (χ1n) is 12.9. The number of para-hydroxylation sites is 1. The van der Waals surface area contributed by atoms with E-state index in [0.29, 0.717) is 17.5 Å². The molecule has 200 valence electrons. The maximum absolute atomic E-state index is 13.8. The molecule has 3 aromatic rings. The Morgan fingerprint density at radius 1 is 0.921 bits per heavy atom. The average Bonchev–Trinajstić information content (AvgIpc) is 2.94. The van der Waals surface area contributed by atoms with E-state index in [1.54, 1.807) is 24.3 Å². The molecule has 0 aliphatic heterocycles. The summed E-state index contributed by atoms with van der Waals surface area (Å²) < 4.78 is 34.1. The van der Waals surface area contributed by atoms with E-state index in [9.17, 15) is 18.0 Å². The van der Waals surface area contributed by atoms with Crippen molar-refractivity contribution in [1.29, 1.82) is 0 Å². The minimum absolute atomic E-state index is 0.0406. The summed E-state index contributed by atoms with van der Waals surface area (Å²) in [6.07, 6.45) is 3.11. The van der Waals surface area contributed by atoms with Crippen LogP contribution in [0.1, 0.15) is 49.0 Å². The van der Waals surface area contributed by atoms with E-state index in [1.807, 2.05) is 36.4 Å². The number of nitrogens with one attached hydrogen (secondary N) is 1. The minimum Gasteiger partial charge on any atom is -0.452 e. The lowest BCUT2D eigenvalue weighted by Gasteiger charge is -2.34. The van der Waals surface area contributed by atoms with Crippen LogP contribution in [0.3, 0.4) is 0 Å². The van der Waals surface area contributed by atoms with Gasteiger partial charge in [0.15, 0.2) is 6.61 Å². The van der Waals surface area contributed by atoms with Gasteiger partial charge in [0.05, 0.1) is 22.7 Å². The quantitative estimate of drug-likeness (QED) is 0.382. The molecular formula is C30H34N2O5S. The molecule has 3 atom stereocenters. The number of carbonyl (C=O) groups excluding carboxylic acids is 2. The standard InChI is InChI=1S/C30H34N2O5S/c1-22-11-9-18-28(23(22)2)31-29(33)21-37-30(34)25-14-10-17-27(19-25)38(35,36)32(26-15-7-4-8-16-26)20-24-12-5-3-6-13-24/h3-8,10,12-17,19,22-23,28H,9,11,18,20-21H2,1-2H3,(H,31,33)/t22-,23+,28+/m0/s1. The van der Waals surface area contributed by atoms with E-state index >= 15 is 0 Å². The van der Waals surface area contributed by atoms with Crippen LogP contribution in [0.2, 0.25) is 0 Å². The molecule has 3 aromatic carbocycles. The van der Waals surface area contributed by atoms with E-state index in [4.69, 9.17) is 4.74 Å². The molecule has 8 heteroatoms. The number of hydrogen-bond acceptors (Lipinski definition) is 5. The van der Waals surface area contributed by atoms with Crippen molar-refractivity contribution >= 4 is 27.6 Å². The molecule has 0 heterocycles. The third-order valence-electron chi connectivity index (χ3n) is 7.26. The van der Waals surface area contributed by atoms with Gasteiger partial charge in [0.2, 0.25) is 0 Å². The monoisotopic (exact) mass is 534 g/mol. The number of benzene rings is 3. The predicted molar refractivity (Wildman–Crippen MR) is 147 cm³/mol. The highest BCUT2D eigenvalue weighted by Crippen LogP contribution is 2.29. The number of esters is 1. The summed E-state index contributed by atoms with van der Waals surface area (Å²) in [5.74, 6) is -0.227. The van der Waals surface area contributed by atoms with Crippen LogP contribution in [0, 0.1) is 11.8 Å². The van der Waals surface area contributed by atoms with Gasteiger partial charge in [0.1, 0.15) is 0 Å². The molecule has 0 unspecified atom stereocenters. The summed E-state index contributed by atoms with van der Waals surface area (Å²) in [6.45, 7) is 4.02. The van der Waals surface area contributed by atoms with Gasteiger partial charge in [0.25, 0.3) is 15.9 Å². The molecule has 0 saturated heterocycles. The zero-order valence-electron chi connectivity index (χ0n) is 21.7. The van der Waals surface area contributed by atoms with Gasteiger partial charge in [0, 0.05) is 6.04 Å². The fourth-order valence-corrected chi connectivity index (χ4v) is 6.32. The van der Waals surface area contributed by atoms with Gasteiger partial charge in [-0.1, -0.05) is 81.3 Å². The maximum atomic E-state index is 13.8. The average molecular weight is 535 g/mol. The van der Waals surface area contributed by atoms with Crippen molar-refractivity contribution in [3.05, 3.63) is 96.1 Å². The Balaban J connectivity index is 1.48. The number of rotatable bonds is 9. The van der Waals surface area contributed by atoms with Gasteiger partial charge in [-0.3, -0.25) is 9.10 Å². The lowest BCUT2D eigenvalue weighted by molar-refractivity contribution is -0.125. The summed E-state index contributed by atoms with van der Waals surface area (Å²) in [4.78, 5) is 25.2. The fraction of sp³-hybridized carbons (Fsp3) is 0.333. The van der Waals surface area contributed by atoms with Crippen LogP contribution in [-0.2, 0) is 26.1 Å². The summed E-state index contributed by atoms with van der Waals surface area (Å²) in [6, 6.07) is 23.9. The van der Waals surface area contributed by atoms with Crippen molar-refractivity contribution in [2.75, 3.05) is 10.9 Å². The van der Waals surface area contributed by atoms with Crippen molar-refractivity contribution in [2.24, 2.45) is 11.8 Å². The van der Waals surface area contributed by atoms with Crippen LogP contribution in [-0.4, -0.2) is 32.9 Å². The largest absolute Gasteiger partial charge is 0.452 e. The molecule has 1 aliphatic carbocycles. The zero-order valence-corrected chi connectivity index (χ0v) is 22.6. The fourth-order valence-electron chi connectivity index (χ4n) is 4.82. The maximum Gasteiger partial charge on any atom is 0.338 e. The highest BCUT2D eigenvalue weighted by atomic mass is 32.2. The number of anilines is 1. The van der Waals surface area contributed by atoms with Crippen LogP contribution >= 0.6 is 0 Å². The Hall–Kier alpha value is -3.65. The number of nitrogens with zero attached hydrogens (tertiary/aromatic N) is 1. The summed E-state index contributed by atoms with van der Waals surface area (Å²) >= 11 is 0. The third-order valence-corrected chi connectivity index (χ3v) is 9.03. The second-order valence-corrected chi connectivity index (χ2v) is 11.7. The van der Waals surface area contributed by atoms with E-state index in [-0.39, 0.29) is 29.0 Å². The Labute approximate surface area is 224 Å². The lowest BCUT2D eigenvalue weighted by Crippen LogP contribution is -2.45. The Morgan fingerprint density at radius 3 is 2.32 bits per heavy atom. The molecule has 1 aliphatic rings. The van der Waals surface area contributed by atoms with Gasteiger partial charge < -0.3 is 10.1 Å². The normalized spacial score (nSPS) is 19.4. The van der Waals surface area contributed by atoms with Gasteiger partial charge >= 0.3 is 5.97 Å². The van der Waals surface area contributed by atoms with E-state index in [1.165, 1.54) is 28.6 Å². The third kappa shape index (κ3) is 6.61. The van der Waals surface area contributed by atoms with Crippen LogP contribution in [0.15, 0.2) is 89.8 Å². The number of ether oxygens (including phenoxy) is 1. The number of amides is 1. The van der Waals surface area contributed by atoms with Gasteiger partial charge in [-0.2, -0.15) is 0 Å². The molecule has 4 rings (SSSR count). The van der Waals surface area contributed by atoms with Crippen molar-refractivity contribution < 1.29 is 22.7 Å².